The molecule has 3 aliphatic rings. The highest BCUT2D eigenvalue weighted by molar-refractivity contribution is 9.10. The number of hydrogen-bond acceptors (Lipinski definition) is 0. The fourth-order valence-electron chi connectivity index (χ4n) is 6.20. The summed E-state index contributed by atoms with van der Waals surface area (Å²) in [5, 5.41) is 0. The van der Waals surface area contributed by atoms with Crippen molar-refractivity contribution in [1.29, 1.82) is 0 Å². The summed E-state index contributed by atoms with van der Waals surface area (Å²) in [6.07, 6.45) is 13.9. The summed E-state index contributed by atoms with van der Waals surface area (Å²) in [6, 6.07) is 12.4. The SMILES string of the molecule is CC1(C)c2cc(C3CCCCC3)ccc2-c2c(Br)cc(C3CCCCC3)cc21. The van der Waals surface area contributed by atoms with E-state index in [4.69, 9.17) is 0 Å². The van der Waals surface area contributed by atoms with Crippen molar-refractivity contribution in [3.63, 3.8) is 0 Å². The maximum Gasteiger partial charge on any atom is 0.0259 e. The van der Waals surface area contributed by atoms with E-state index in [-0.39, 0.29) is 5.41 Å². The molecule has 0 unspecified atom stereocenters. The van der Waals surface area contributed by atoms with Crippen molar-refractivity contribution in [3.8, 4) is 11.1 Å². The van der Waals surface area contributed by atoms with E-state index in [1.54, 1.807) is 22.3 Å². The van der Waals surface area contributed by atoms with Gasteiger partial charge in [0, 0.05) is 15.5 Å². The van der Waals surface area contributed by atoms with E-state index in [1.165, 1.54) is 79.8 Å². The maximum absolute atomic E-state index is 3.98. The number of halogens is 1. The maximum atomic E-state index is 3.98. The van der Waals surface area contributed by atoms with Crippen LogP contribution in [0.25, 0.3) is 11.1 Å². The molecule has 0 saturated heterocycles. The normalized spacial score (nSPS) is 22.1. The van der Waals surface area contributed by atoms with Crippen molar-refractivity contribution in [2.24, 2.45) is 0 Å². The zero-order valence-electron chi connectivity index (χ0n) is 17.5. The molecule has 0 N–H and O–H groups in total. The van der Waals surface area contributed by atoms with Gasteiger partial charge in [0.1, 0.15) is 0 Å². The predicted octanol–water partition coefficient (Wildman–Crippen LogP) is 8.85. The van der Waals surface area contributed by atoms with Crippen LogP contribution in [0.2, 0.25) is 0 Å². The first-order chi connectivity index (χ1) is 13.6. The van der Waals surface area contributed by atoms with Gasteiger partial charge in [0.15, 0.2) is 0 Å². The van der Waals surface area contributed by atoms with Crippen LogP contribution in [0.5, 0.6) is 0 Å². The van der Waals surface area contributed by atoms with Gasteiger partial charge in [-0.05, 0) is 71.4 Å². The summed E-state index contributed by atoms with van der Waals surface area (Å²) in [6.45, 7) is 4.89. The van der Waals surface area contributed by atoms with Gasteiger partial charge in [-0.2, -0.15) is 0 Å². The molecule has 2 aromatic carbocycles. The van der Waals surface area contributed by atoms with Crippen molar-refractivity contribution >= 4 is 15.9 Å². The second-order valence-corrected chi connectivity index (χ2v) is 10.9. The molecule has 2 fully saturated rings. The third kappa shape index (κ3) is 3.09. The molecule has 0 aliphatic heterocycles. The minimum Gasteiger partial charge on any atom is -0.0581 e. The number of hydrogen-bond donors (Lipinski definition) is 0. The monoisotopic (exact) mass is 436 g/mol. The molecule has 3 aliphatic carbocycles. The van der Waals surface area contributed by atoms with Crippen LogP contribution in [0.15, 0.2) is 34.8 Å². The van der Waals surface area contributed by atoms with Crippen LogP contribution in [0.1, 0.15) is 112 Å². The Morgan fingerprint density at radius 1 is 0.714 bits per heavy atom. The first-order valence-corrected chi connectivity index (χ1v) is 12.3. The molecular weight excluding hydrogens is 404 g/mol. The van der Waals surface area contributed by atoms with Crippen molar-refractivity contribution in [2.75, 3.05) is 0 Å². The Balaban J connectivity index is 1.57. The average Bonchev–Trinajstić information content (AvgIpc) is 2.96. The van der Waals surface area contributed by atoms with Crippen LogP contribution in [0.4, 0.5) is 0 Å². The standard InChI is InChI=1S/C27H33Br/c1-27(2)23-15-20(18-9-5-3-6-10-18)13-14-22(23)26-24(27)16-21(17-25(26)28)19-11-7-4-8-12-19/h13-19H,3-12H2,1-2H3. The van der Waals surface area contributed by atoms with Gasteiger partial charge in [-0.15, -0.1) is 0 Å². The summed E-state index contributed by atoms with van der Waals surface area (Å²) in [7, 11) is 0. The summed E-state index contributed by atoms with van der Waals surface area (Å²) in [5.74, 6) is 1.53. The van der Waals surface area contributed by atoms with Crippen molar-refractivity contribution in [3.05, 3.63) is 57.1 Å². The molecule has 1 heteroatoms. The fraction of sp³-hybridized carbons (Fsp3) is 0.556. The van der Waals surface area contributed by atoms with Gasteiger partial charge in [0.2, 0.25) is 0 Å². The summed E-state index contributed by atoms with van der Waals surface area (Å²) in [4.78, 5) is 0. The fourth-order valence-corrected chi connectivity index (χ4v) is 6.89. The van der Waals surface area contributed by atoms with Gasteiger partial charge in [0.05, 0.1) is 0 Å². The van der Waals surface area contributed by atoms with Crippen LogP contribution >= 0.6 is 15.9 Å². The highest BCUT2D eigenvalue weighted by Crippen LogP contribution is 2.53. The molecule has 0 bridgehead atoms. The van der Waals surface area contributed by atoms with E-state index in [9.17, 15) is 0 Å². The second-order valence-electron chi connectivity index (χ2n) is 10.0. The Morgan fingerprint density at radius 3 is 1.93 bits per heavy atom. The first-order valence-electron chi connectivity index (χ1n) is 11.5. The topological polar surface area (TPSA) is 0 Å². The third-order valence-corrected chi connectivity index (χ3v) is 8.55. The smallest absolute Gasteiger partial charge is 0.0259 e. The molecule has 0 atom stereocenters. The van der Waals surface area contributed by atoms with Crippen LogP contribution in [-0.4, -0.2) is 0 Å². The van der Waals surface area contributed by atoms with E-state index < -0.39 is 0 Å². The van der Waals surface area contributed by atoms with Gasteiger partial charge < -0.3 is 0 Å². The lowest BCUT2D eigenvalue weighted by Crippen LogP contribution is -2.17. The third-order valence-electron chi connectivity index (χ3n) is 7.93. The van der Waals surface area contributed by atoms with E-state index >= 15 is 0 Å². The largest absolute Gasteiger partial charge is 0.0581 e. The summed E-state index contributed by atoms with van der Waals surface area (Å²) >= 11 is 3.98. The molecule has 0 nitrogen and oxygen atoms in total. The van der Waals surface area contributed by atoms with Gasteiger partial charge in [-0.3, -0.25) is 0 Å². The molecule has 0 aromatic heterocycles. The molecule has 2 aromatic rings. The van der Waals surface area contributed by atoms with Crippen molar-refractivity contribution in [2.45, 2.75) is 95.3 Å². The van der Waals surface area contributed by atoms with Crippen LogP contribution < -0.4 is 0 Å². The lowest BCUT2D eigenvalue weighted by molar-refractivity contribution is 0.442. The van der Waals surface area contributed by atoms with E-state index in [2.05, 4.69) is 60.1 Å². The second kappa shape index (κ2) is 7.31. The zero-order chi connectivity index (χ0) is 19.3. The Bertz CT molecular complexity index is 879. The number of rotatable bonds is 2. The summed E-state index contributed by atoms with van der Waals surface area (Å²) in [5.41, 5.74) is 9.26. The number of fused-ring (bicyclic) bond motifs is 3. The van der Waals surface area contributed by atoms with Crippen molar-refractivity contribution < 1.29 is 0 Å². The summed E-state index contributed by atoms with van der Waals surface area (Å²) < 4.78 is 1.31. The molecule has 0 amide bonds. The molecule has 0 heterocycles. The highest BCUT2D eigenvalue weighted by Gasteiger charge is 2.38. The molecule has 0 spiro atoms. The van der Waals surface area contributed by atoms with E-state index in [0.717, 1.165) is 11.8 Å². The highest BCUT2D eigenvalue weighted by atomic mass is 79.9. The Hall–Kier alpha value is -1.08. The molecule has 2 saturated carbocycles. The van der Waals surface area contributed by atoms with Gasteiger partial charge in [-0.25, -0.2) is 0 Å². The zero-order valence-corrected chi connectivity index (χ0v) is 19.1. The van der Waals surface area contributed by atoms with Crippen molar-refractivity contribution in [1.82, 2.24) is 0 Å². The lowest BCUT2D eigenvalue weighted by atomic mass is 9.77. The molecule has 148 valence electrons. The molecule has 28 heavy (non-hydrogen) atoms. The van der Waals surface area contributed by atoms with Gasteiger partial charge >= 0.3 is 0 Å². The van der Waals surface area contributed by atoms with Gasteiger partial charge in [-0.1, -0.05) is 92.6 Å². The van der Waals surface area contributed by atoms with Crippen LogP contribution in [0, 0.1) is 0 Å². The minimum absolute atomic E-state index is 0.0997. The quantitative estimate of drug-likeness (QED) is 0.440. The Kier molecular flexibility index (Phi) is 4.94. The van der Waals surface area contributed by atoms with E-state index in [0.29, 0.717) is 0 Å². The Morgan fingerprint density at radius 2 is 1.29 bits per heavy atom. The molecular formula is C27H33Br. The van der Waals surface area contributed by atoms with Crippen LogP contribution in [-0.2, 0) is 5.41 Å². The first kappa shape index (κ1) is 18.9. The number of benzene rings is 2. The van der Waals surface area contributed by atoms with Gasteiger partial charge in [0.25, 0.3) is 0 Å². The average molecular weight is 437 g/mol. The molecule has 5 rings (SSSR count). The molecule has 0 radical (unpaired) electrons. The Labute approximate surface area is 179 Å². The van der Waals surface area contributed by atoms with E-state index in [1.807, 2.05) is 0 Å². The lowest BCUT2D eigenvalue weighted by Gasteiger charge is -2.27. The predicted molar refractivity (Wildman–Crippen MR) is 123 cm³/mol. The minimum atomic E-state index is 0.0997. The van der Waals surface area contributed by atoms with Crippen LogP contribution in [0.3, 0.4) is 0 Å².